The van der Waals surface area contributed by atoms with Gasteiger partial charge in [-0.25, -0.2) is 4.98 Å². The van der Waals surface area contributed by atoms with Gasteiger partial charge in [-0.2, -0.15) is 5.26 Å². The lowest BCUT2D eigenvalue weighted by molar-refractivity contribution is 0.414. The van der Waals surface area contributed by atoms with Crippen molar-refractivity contribution in [3.05, 3.63) is 53.2 Å². The number of rotatable bonds is 5. The molecular formula is C16H17N3O. The van der Waals surface area contributed by atoms with E-state index in [1.54, 1.807) is 13.2 Å². The summed E-state index contributed by atoms with van der Waals surface area (Å²) >= 11 is 0. The Morgan fingerprint density at radius 3 is 2.60 bits per heavy atom. The van der Waals surface area contributed by atoms with Gasteiger partial charge in [0.05, 0.1) is 12.7 Å². The monoisotopic (exact) mass is 267 g/mol. The highest BCUT2D eigenvalue weighted by atomic mass is 16.5. The lowest BCUT2D eigenvalue weighted by Crippen LogP contribution is -2.08. The van der Waals surface area contributed by atoms with E-state index in [9.17, 15) is 0 Å². The van der Waals surface area contributed by atoms with Gasteiger partial charge in [0.2, 0.25) is 0 Å². The Balaban J connectivity index is 1.95. The molecule has 0 aliphatic heterocycles. The maximum Gasteiger partial charge on any atom is 0.144 e. The maximum atomic E-state index is 9.04. The third kappa shape index (κ3) is 3.48. The van der Waals surface area contributed by atoms with Gasteiger partial charge in [0.15, 0.2) is 0 Å². The predicted molar refractivity (Wildman–Crippen MR) is 78.9 cm³/mol. The number of ether oxygens (including phenoxy) is 1. The van der Waals surface area contributed by atoms with Gasteiger partial charge >= 0.3 is 0 Å². The molecule has 0 radical (unpaired) electrons. The molecule has 0 aliphatic rings. The summed E-state index contributed by atoms with van der Waals surface area (Å²) in [4.78, 5) is 4.35. The summed E-state index contributed by atoms with van der Waals surface area (Å²) in [5.74, 6) is 1.51. The summed E-state index contributed by atoms with van der Waals surface area (Å²) in [6, 6.07) is 13.7. The second-order valence-electron chi connectivity index (χ2n) is 4.49. The molecule has 20 heavy (non-hydrogen) atoms. The van der Waals surface area contributed by atoms with Gasteiger partial charge in [-0.05, 0) is 43.2 Å². The van der Waals surface area contributed by atoms with Crippen LogP contribution in [0, 0.1) is 18.3 Å². The van der Waals surface area contributed by atoms with Gasteiger partial charge in [-0.15, -0.1) is 0 Å². The molecule has 2 aromatic rings. The Kier molecular flexibility index (Phi) is 4.56. The minimum atomic E-state index is 0.574. The van der Waals surface area contributed by atoms with Crippen molar-refractivity contribution in [1.29, 1.82) is 5.26 Å². The van der Waals surface area contributed by atoms with Crippen molar-refractivity contribution in [2.75, 3.05) is 19.0 Å². The summed E-state index contributed by atoms with van der Waals surface area (Å²) in [6.07, 6.45) is 0.866. The van der Waals surface area contributed by atoms with E-state index in [4.69, 9.17) is 10.00 Å². The largest absolute Gasteiger partial charge is 0.497 e. The van der Waals surface area contributed by atoms with Crippen molar-refractivity contribution in [3.63, 3.8) is 0 Å². The Labute approximate surface area is 119 Å². The van der Waals surface area contributed by atoms with Crippen LogP contribution >= 0.6 is 0 Å². The highest BCUT2D eigenvalue weighted by molar-refractivity contribution is 5.52. The molecule has 1 aromatic heterocycles. The van der Waals surface area contributed by atoms with Crippen LogP contribution in [0.2, 0.25) is 0 Å². The molecule has 0 atom stereocenters. The molecule has 0 saturated heterocycles. The molecule has 102 valence electrons. The number of hydrogen-bond acceptors (Lipinski definition) is 4. The SMILES string of the molecule is COc1ccc(CCNc2nc(C)ccc2C#N)cc1. The molecular weight excluding hydrogens is 250 g/mol. The second kappa shape index (κ2) is 6.58. The molecule has 0 bridgehead atoms. The molecule has 4 nitrogen and oxygen atoms in total. The molecule has 1 heterocycles. The minimum absolute atomic E-state index is 0.574. The average Bonchev–Trinajstić information content (AvgIpc) is 2.48. The third-order valence-corrected chi connectivity index (χ3v) is 3.02. The van der Waals surface area contributed by atoms with E-state index in [2.05, 4.69) is 16.4 Å². The van der Waals surface area contributed by atoms with Crippen molar-refractivity contribution in [1.82, 2.24) is 4.98 Å². The predicted octanol–water partition coefficient (Wildman–Crippen LogP) is 2.92. The first kappa shape index (κ1) is 13.9. The smallest absolute Gasteiger partial charge is 0.144 e. The van der Waals surface area contributed by atoms with Gasteiger partial charge in [0.1, 0.15) is 17.6 Å². The number of aryl methyl sites for hydroxylation is 1. The van der Waals surface area contributed by atoms with E-state index in [1.807, 2.05) is 37.3 Å². The molecule has 4 heteroatoms. The number of nitrogens with zero attached hydrogens (tertiary/aromatic N) is 2. The molecule has 0 spiro atoms. The Morgan fingerprint density at radius 1 is 1.20 bits per heavy atom. The molecule has 1 aromatic carbocycles. The van der Waals surface area contributed by atoms with Crippen molar-refractivity contribution < 1.29 is 4.74 Å². The van der Waals surface area contributed by atoms with Crippen molar-refractivity contribution in [2.45, 2.75) is 13.3 Å². The summed E-state index contributed by atoms with van der Waals surface area (Å²) in [6.45, 7) is 2.65. The van der Waals surface area contributed by atoms with Gasteiger partial charge in [-0.3, -0.25) is 0 Å². The molecule has 0 fully saturated rings. The fourth-order valence-corrected chi connectivity index (χ4v) is 1.90. The summed E-state index contributed by atoms with van der Waals surface area (Å²) in [7, 11) is 1.66. The topological polar surface area (TPSA) is 57.9 Å². The number of anilines is 1. The van der Waals surface area contributed by atoms with Crippen LogP contribution in [0.1, 0.15) is 16.8 Å². The normalized spacial score (nSPS) is 9.85. The first-order valence-electron chi connectivity index (χ1n) is 6.47. The highest BCUT2D eigenvalue weighted by Crippen LogP contribution is 2.14. The van der Waals surface area contributed by atoms with E-state index >= 15 is 0 Å². The number of methoxy groups -OCH3 is 1. The number of aromatic nitrogens is 1. The molecule has 1 N–H and O–H groups in total. The van der Waals surface area contributed by atoms with E-state index in [0.29, 0.717) is 11.4 Å². The molecule has 0 aliphatic carbocycles. The quantitative estimate of drug-likeness (QED) is 0.905. The van der Waals surface area contributed by atoms with Crippen molar-refractivity contribution in [3.8, 4) is 11.8 Å². The minimum Gasteiger partial charge on any atom is -0.497 e. The van der Waals surface area contributed by atoms with Crippen LogP contribution in [-0.2, 0) is 6.42 Å². The molecule has 2 rings (SSSR count). The third-order valence-electron chi connectivity index (χ3n) is 3.02. The number of nitrogens with one attached hydrogen (secondary N) is 1. The summed E-state index contributed by atoms with van der Waals surface area (Å²) < 4.78 is 5.12. The second-order valence-corrected chi connectivity index (χ2v) is 4.49. The first-order chi connectivity index (χ1) is 9.72. The van der Waals surface area contributed by atoms with E-state index in [1.165, 1.54) is 5.56 Å². The Morgan fingerprint density at radius 2 is 1.95 bits per heavy atom. The van der Waals surface area contributed by atoms with Crippen molar-refractivity contribution in [2.24, 2.45) is 0 Å². The zero-order valence-corrected chi connectivity index (χ0v) is 11.7. The lowest BCUT2D eigenvalue weighted by Gasteiger charge is -2.08. The van der Waals surface area contributed by atoms with Crippen LogP contribution in [0.25, 0.3) is 0 Å². The standard InChI is InChI=1S/C16H17N3O/c1-12-3-6-14(11-17)16(19-12)18-10-9-13-4-7-15(20-2)8-5-13/h3-8H,9-10H2,1-2H3,(H,18,19). The number of hydrogen-bond donors (Lipinski definition) is 1. The van der Waals surface area contributed by atoms with E-state index in [0.717, 1.165) is 24.4 Å². The Hall–Kier alpha value is -2.54. The highest BCUT2D eigenvalue weighted by Gasteiger charge is 2.03. The number of pyridine rings is 1. The van der Waals surface area contributed by atoms with E-state index < -0.39 is 0 Å². The van der Waals surface area contributed by atoms with Gasteiger partial charge in [0.25, 0.3) is 0 Å². The number of nitriles is 1. The summed E-state index contributed by atoms with van der Waals surface area (Å²) in [5.41, 5.74) is 2.69. The van der Waals surface area contributed by atoms with Crippen molar-refractivity contribution >= 4 is 5.82 Å². The van der Waals surface area contributed by atoms with E-state index in [-0.39, 0.29) is 0 Å². The summed E-state index contributed by atoms with van der Waals surface area (Å²) in [5, 5.41) is 12.3. The van der Waals surface area contributed by atoms with Gasteiger partial charge < -0.3 is 10.1 Å². The fourth-order valence-electron chi connectivity index (χ4n) is 1.90. The molecule has 0 amide bonds. The average molecular weight is 267 g/mol. The number of benzene rings is 1. The van der Waals surface area contributed by atoms with Crippen LogP contribution in [0.4, 0.5) is 5.82 Å². The maximum absolute atomic E-state index is 9.04. The zero-order chi connectivity index (χ0) is 14.4. The zero-order valence-electron chi connectivity index (χ0n) is 11.7. The van der Waals surface area contributed by atoms with Crippen LogP contribution < -0.4 is 10.1 Å². The van der Waals surface area contributed by atoms with Crippen LogP contribution in [-0.4, -0.2) is 18.6 Å². The van der Waals surface area contributed by atoms with Crippen LogP contribution in [0.3, 0.4) is 0 Å². The molecule has 0 saturated carbocycles. The van der Waals surface area contributed by atoms with Crippen LogP contribution in [0.15, 0.2) is 36.4 Å². The lowest BCUT2D eigenvalue weighted by atomic mass is 10.1. The van der Waals surface area contributed by atoms with Crippen LogP contribution in [0.5, 0.6) is 5.75 Å². The van der Waals surface area contributed by atoms with Gasteiger partial charge in [-0.1, -0.05) is 12.1 Å². The first-order valence-corrected chi connectivity index (χ1v) is 6.47. The van der Waals surface area contributed by atoms with Gasteiger partial charge in [0, 0.05) is 12.2 Å². The molecule has 0 unspecified atom stereocenters. The Bertz CT molecular complexity index is 615. The fraction of sp³-hybridized carbons (Fsp3) is 0.250.